The number of hydrogen-bond acceptors (Lipinski definition) is 3. The number of aromatic nitrogens is 1. The van der Waals surface area contributed by atoms with E-state index in [1.165, 1.54) is 5.56 Å². The molecular weight excluding hydrogens is 262 g/mol. The maximum absolute atomic E-state index is 12.1. The SMILES string of the molecule is Cc1cccnc1CNC(=O)CC1CNc2ccccc21. The van der Waals surface area contributed by atoms with Gasteiger partial charge in [0.05, 0.1) is 12.2 Å². The van der Waals surface area contributed by atoms with E-state index in [4.69, 9.17) is 0 Å². The van der Waals surface area contributed by atoms with Crippen molar-refractivity contribution in [2.24, 2.45) is 0 Å². The van der Waals surface area contributed by atoms with Gasteiger partial charge in [-0.2, -0.15) is 0 Å². The van der Waals surface area contributed by atoms with E-state index in [1.54, 1.807) is 6.20 Å². The van der Waals surface area contributed by atoms with E-state index in [-0.39, 0.29) is 11.8 Å². The number of carbonyl (C=O) groups is 1. The van der Waals surface area contributed by atoms with E-state index >= 15 is 0 Å². The Bertz CT molecular complexity index is 654. The van der Waals surface area contributed by atoms with Crippen LogP contribution >= 0.6 is 0 Å². The Kier molecular flexibility index (Phi) is 3.86. The third-order valence-electron chi connectivity index (χ3n) is 3.94. The molecule has 1 aliphatic rings. The lowest BCUT2D eigenvalue weighted by Gasteiger charge is -2.11. The van der Waals surface area contributed by atoms with E-state index in [0.29, 0.717) is 13.0 Å². The maximum Gasteiger partial charge on any atom is 0.221 e. The Balaban J connectivity index is 1.57. The molecule has 108 valence electrons. The number of para-hydroxylation sites is 1. The summed E-state index contributed by atoms with van der Waals surface area (Å²) in [6.07, 6.45) is 2.27. The van der Waals surface area contributed by atoms with Gasteiger partial charge in [0.1, 0.15) is 0 Å². The first kappa shape index (κ1) is 13.6. The molecule has 0 spiro atoms. The molecule has 0 aliphatic carbocycles. The molecular formula is C17H19N3O. The maximum atomic E-state index is 12.1. The third kappa shape index (κ3) is 3.05. The summed E-state index contributed by atoms with van der Waals surface area (Å²) in [5, 5.41) is 6.31. The molecule has 1 unspecified atom stereocenters. The Morgan fingerprint density at radius 3 is 3.05 bits per heavy atom. The molecule has 4 nitrogen and oxygen atoms in total. The van der Waals surface area contributed by atoms with Gasteiger partial charge in [0.2, 0.25) is 5.91 Å². The van der Waals surface area contributed by atoms with Crippen molar-refractivity contribution in [2.75, 3.05) is 11.9 Å². The fourth-order valence-electron chi connectivity index (χ4n) is 2.72. The molecule has 1 amide bonds. The van der Waals surface area contributed by atoms with Gasteiger partial charge in [-0.05, 0) is 30.2 Å². The summed E-state index contributed by atoms with van der Waals surface area (Å²) in [5.41, 5.74) is 4.42. The summed E-state index contributed by atoms with van der Waals surface area (Å²) in [5.74, 6) is 0.328. The summed E-state index contributed by atoms with van der Waals surface area (Å²) in [7, 11) is 0. The number of fused-ring (bicyclic) bond motifs is 1. The fraction of sp³-hybridized carbons (Fsp3) is 0.294. The number of rotatable bonds is 4. The van der Waals surface area contributed by atoms with E-state index in [1.807, 2.05) is 31.2 Å². The highest BCUT2D eigenvalue weighted by molar-refractivity contribution is 5.78. The molecule has 21 heavy (non-hydrogen) atoms. The van der Waals surface area contributed by atoms with Crippen LogP contribution in [0.15, 0.2) is 42.6 Å². The van der Waals surface area contributed by atoms with Crippen LogP contribution in [0.4, 0.5) is 5.69 Å². The van der Waals surface area contributed by atoms with Crippen LogP contribution in [0.3, 0.4) is 0 Å². The van der Waals surface area contributed by atoms with Gasteiger partial charge in [0.15, 0.2) is 0 Å². The minimum absolute atomic E-state index is 0.0727. The highest BCUT2D eigenvalue weighted by atomic mass is 16.1. The lowest BCUT2D eigenvalue weighted by molar-refractivity contribution is -0.121. The Morgan fingerprint density at radius 1 is 1.33 bits per heavy atom. The molecule has 1 atom stereocenters. The molecule has 2 N–H and O–H groups in total. The monoisotopic (exact) mass is 281 g/mol. The van der Waals surface area contributed by atoms with Crippen molar-refractivity contribution < 1.29 is 4.79 Å². The lowest BCUT2D eigenvalue weighted by Crippen LogP contribution is -2.25. The second-order valence-corrected chi connectivity index (χ2v) is 5.41. The number of benzene rings is 1. The summed E-state index contributed by atoms with van der Waals surface area (Å²) >= 11 is 0. The number of amides is 1. The second-order valence-electron chi connectivity index (χ2n) is 5.41. The van der Waals surface area contributed by atoms with Crippen molar-refractivity contribution in [3.05, 3.63) is 59.4 Å². The van der Waals surface area contributed by atoms with Gasteiger partial charge >= 0.3 is 0 Å². The van der Waals surface area contributed by atoms with Crippen LogP contribution in [-0.4, -0.2) is 17.4 Å². The highest BCUT2D eigenvalue weighted by Gasteiger charge is 2.23. The van der Waals surface area contributed by atoms with Gasteiger partial charge in [-0.25, -0.2) is 0 Å². The summed E-state index contributed by atoms with van der Waals surface area (Å²) < 4.78 is 0. The van der Waals surface area contributed by atoms with Crippen LogP contribution < -0.4 is 10.6 Å². The molecule has 1 aliphatic heterocycles. The highest BCUT2D eigenvalue weighted by Crippen LogP contribution is 2.32. The molecule has 1 aromatic heterocycles. The predicted molar refractivity (Wildman–Crippen MR) is 83.1 cm³/mol. The Labute approximate surface area is 124 Å². The van der Waals surface area contributed by atoms with E-state index in [9.17, 15) is 4.79 Å². The van der Waals surface area contributed by atoms with Gasteiger partial charge in [-0.3, -0.25) is 9.78 Å². The van der Waals surface area contributed by atoms with Crippen LogP contribution in [0.5, 0.6) is 0 Å². The van der Waals surface area contributed by atoms with Gasteiger partial charge in [0, 0.05) is 30.8 Å². The fourth-order valence-corrected chi connectivity index (χ4v) is 2.72. The first-order valence-corrected chi connectivity index (χ1v) is 7.24. The number of anilines is 1. The zero-order valence-corrected chi connectivity index (χ0v) is 12.1. The number of nitrogens with zero attached hydrogens (tertiary/aromatic N) is 1. The number of nitrogens with one attached hydrogen (secondary N) is 2. The smallest absolute Gasteiger partial charge is 0.221 e. The molecule has 2 aromatic rings. The minimum atomic E-state index is 0.0727. The average Bonchev–Trinajstić information content (AvgIpc) is 2.90. The second kappa shape index (κ2) is 5.95. The Morgan fingerprint density at radius 2 is 2.19 bits per heavy atom. The molecule has 0 radical (unpaired) electrons. The van der Waals surface area contributed by atoms with Gasteiger partial charge in [-0.15, -0.1) is 0 Å². The van der Waals surface area contributed by atoms with E-state index < -0.39 is 0 Å². The summed E-state index contributed by atoms with van der Waals surface area (Å²) in [6, 6.07) is 12.1. The molecule has 1 aromatic carbocycles. The third-order valence-corrected chi connectivity index (χ3v) is 3.94. The topological polar surface area (TPSA) is 54.0 Å². The quantitative estimate of drug-likeness (QED) is 0.905. The van der Waals surface area contributed by atoms with Gasteiger partial charge in [0.25, 0.3) is 0 Å². The van der Waals surface area contributed by atoms with Gasteiger partial charge in [-0.1, -0.05) is 24.3 Å². The van der Waals surface area contributed by atoms with E-state index in [0.717, 1.165) is 23.5 Å². The minimum Gasteiger partial charge on any atom is -0.384 e. The zero-order chi connectivity index (χ0) is 14.7. The van der Waals surface area contributed by atoms with Crippen LogP contribution in [0, 0.1) is 6.92 Å². The first-order chi connectivity index (χ1) is 10.2. The van der Waals surface area contributed by atoms with Crippen molar-refractivity contribution in [1.82, 2.24) is 10.3 Å². The summed E-state index contributed by atoms with van der Waals surface area (Å²) in [6.45, 7) is 3.33. The molecule has 4 heteroatoms. The first-order valence-electron chi connectivity index (χ1n) is 7.24. The van der Waals surface area contributed by atoms with Crippen molar-refractivity contribution in [1.29, 1.82) is 0 Å². The normalized spacial score (nSPS) is 16.1. The number of aryl methyl sites for hydroxylation is 1. The standard InChI is InChI=1S/C17H19N3O/c1-12-5-4-8-18-16(12)11-20-17(21)9-13-10-19-15-7-3-2-6-14(13)15/h2-8,13,19H,9-11H2,1H3,(H,20,21). The number of hydrogen-bond donors (Lipinski definition) is 2. The van der Waals surface area contributed by atoms with Crippen LogP contribution in [0.2, 0.25) is 0 Å². The predicted octanol–water partition coefficient (Wildman–Crippen LogP) is 2.61. The van der Waals surface area contributed by atoms with Gasteiger partial charge < -0.3 is 10.6 Å². The van der Waals surface area contributed by atoms with E-state index in [2.05, 4.69) is 27.8 Å². The van der Waals surface area contributed by atoms with Crippen molar-refractivity contribution >= 4 is 11.6 Å². The average molecular weight is 281 g/mol. The molecule has 0 fully saturated rings. The largest absolute Gasteiger partial charge is 0.384 e. The lowest BCUT2D eigenvalue weighted by atomic mass is 9.97. The summed E-state index contributed by atoms with van der Waals surface area (Å²) in [4.78, 5) is 16.4. The van der Waals surface area contributed by atoms with Crippen LogP contribution in [-0.2, 0) is 11.3 Å². The number of carbonyl (C=O) groups excluding carboxylic acids is 1. The van der Waals surface area contributed by atoms with Crippen molar-refractivity contribution in [3.63, 3.8) is 0 Å². The molecule has 0 bridgehead atoms. The molecule has 3 rings (SSSR count). The number of pyridine rings is 1. The zero-order valence-electron chi connectivity index (χ0n) is 12.1. The Hall–Kier alpha value is -2.36. The van der Waals surface area contributed by atoms with Crippen LogP contribution in [0.1, 0.15) is 29.2 Å². The van der Waals surface area contributed by atoms with Crippen molar-refractivity contribution in [2.45, 2.75) is 25.8 Å². The molecule has 2 heterocycles. The molecule has 0 saturated carbocycles. The van der Waals surface area contributed by atoms with Crippen LogP contribution in [0.25, 0.3) is 0 Å². The van der Waals surface area contributed by atoms with Crippen molar-refractivity contribution in [3.8, 4) is 0 Å². The molecule has 0 saturated heterocycles.